The maximum atomic E-state index is 11.6. The third-order valence-corrected chi connectivity index (χ3v) is 2.86. The van der Waals surface area contributed by atoms with E-state index in [0.717, 1.165) is 12.0 Å². The molecule has 1 unspecified atom stereocenters. The van der Waals surface area contributed by atoms with Crippen molar-refractivity contribution in [1.29, 1.82) is 0 Å². The minimum atomic E-state index is -0.299. The Labute approximate surface area is 108 Å². The van der Waals surface area contributed by atoms with Crippen LogP contribution in [0, 0.1) is 0 Å². The number of rotatable bonds is 7. The van der Waals surface area contributed by atoms with Crippen molar-refractivity contribution < 1.29 is 14.3 Å². The standard InChI is InChI=1S/C14H21NO3/c1-4-12(10-17-2)15-9-11-7-5-6-8-13(11)14(16)18-3/h5-8,12,15H,4,9-10H2,1-3H3. The van der Waals surface area contributed by atoms with E-state index in [-0.39, 0.29) is 5.97 Å². The first kappa shape index (κ1) is 14.7. The molecular weight excluding hydrogens is 230 g/mol. The quantitative estimate of drug-likeness (QED) is 0.753. The molecule has 0 saturated carbocycles. The van der Waals surface area contributed by atoms with Gasteiger partial charge in [0.1, 0.15) is 0 Å². The van der Waals surface area contributed by atoms with E-state index in [9.17, 15) is 4.79 Å². The predicted molar refractivity (Wildman–Crippen MR) is 70.6 cm³/mol. The largest absolute Gasteiger partial charge is 0.465 e. The molecule has 0 saturated heterocycles. The topological polar surface area (TPSA) is 47.6 Å². The molecule has 0 heterocycles. The van der Waals surface area contributed by atoms with Gasteiger partial charge >= 0.3 is 5.97 Å². The zero-order chi connectivity index (χ0) is 13.4. The van der Waals surface area contributed by atoms with Crippen LogP contribution in [-0.2, 0) is 16.0 Å². The molecule has 0 fully saturated rings. The lowest BCUT2D eigenvalue weighted by Crippen LogP contribution is -2.32. The molecule has 1 aromatic rings. The summed E-state index contributed by atoms with van der Waals surface area (Å²) in [4.78, 5) is 11.6. The molecule has 0 aromatic heterocycles. The maximum absolute atomic E-state index is 11.6. The summed E-state index contributed by atoms with van der Waals surface area (Å²) in [6.45, 7) is 3.40. The lowest BCUT2D eigenvalue weighted by molar-refractivity contribution is 0.0599. The van der Waals surface area contributed by atoms with Gasteiger partial charge in [-0.15, -0.1) is 0 Å². The van der Waals surface area contributed by atoms with E-state index in [2.05, 4.69) is 12.2 Å². The van der Waals surface area contributed by atoms with Crippen LogP contribution in [0.2, 0.25) is 0 Å². The second-order valence-electron chi connectivity index (χ2n) is 4.09. The predicted octanol–water partition coefficient (Wildman–Crippen LogP) is 1.99. The fraction of sp³-hybridized carbons (Fsp3) is 0.500. The molecule has 1 N–H and O–H groups in total. The van der Waals surface area contributed by atoms with Crippen molar-refractivity contribution in [1.82, 2.24) is 5.32 Å². The Morgan fingerprint density at radius 3 is 2.67 bits per heavy atom. The van der Waals surface area contributed by atoms with Crippen LogP contribution in [0.25, 0.3) is 0 Å². The molecule has 18 heavy (non-hydrogen) atoms. The summed E-state index contributed by atoms with van der Waals surface area (Å²) in [6, 6.07) is 7.75. The fourth-order valence-corrected chi connectivity index (χ4v) is 1.76. The van der Waals surface area contributed by atoms with Crippen LogP contribution < -0.4 is 5.32 Å². The van der Waals surface area contributed by atoms with Gasteiger partial charge < -0.3 is 14.8 Å². The lowest BCUT2D eigenvalue weighted by Gasteiger charge is -2.17. The Morgan fingerprint density at radius 2 is 2.06 bits per heavy atom. The number of methoxy groups -OCH3 is 2. The van der Waals surface area contributed by atoms with Gasteiger partial charge in [-0.25, -0.2) is 4.79 Å². The zero-order valence-corrected chi connectivity index (χ0v) is 11.2. The minimum absolute atomic E-state index is 0.292. The van der Waals surface area contributed by atoms with Crippen molar-refractivity contribution in [2.75, 3.05) is 20.8 Å². The van der Waals surface area contributed by atoms with Crippen molar-refractivity contribution in [3.8, 4) is 0 Å². The van der Waals surface area contributed by atoms with Crippen molar-refractivity contribution in [3.63, 3.8) is 0 Å². The molecule has 1 aromatic carbocycles. The third kappa shape index (κ3) is 4.13. The maximum Gasteiger partial charge on any atom is 0.338 e. The van der Waals surface area contributed by atoms with E-state index in [4.69, 9.17) is 9.47 Å². The van der Waals surface area contributed by atoms with E-state index in [0.29, 0.717) is 24.8 Å². The number of hydrogen-bond donors (Lipinski definition) is 1. The third-order valence-electron chi connectivity index (χ3n) is 2.86. The highest BCUT2D eigenvalue weighted by molar-refractivity contribution is 5.90. The molecule has 0 radical (unpaired) electrons. The van der Waals surface area contributed by atoms with E-state index < -0.39 is 0 Å². The first-order chi connectivity index (χ1) is 8.72. The summed E-state index contributed by atoms with van der Waals surface area (Å²) >= 11 is 0. The van der Waals surface area contributed by atoms with Gasteiger partial charge in [-0.2, -0.15) is 0 Å². The Morgan fingerprint density at radius 1 is 1.33 bits per heavy atom. The van der Waals surface area contributed by atoms with Crippen molar-refractivity contribution in [3.05, 3.63) is 35.4 Å². The van der Waals surface area contributed by atoms with Gasteiger partial charge in [0.25, 0.3) is 0 Å². The highest BCUT2D eigenvalue weighted by Gasteiger charge is 2.12. The Balaban J connectivity index is 2.69. The number of carbonyl (C=O) groups excluding carboxylic acids is 1. The van der Waals surface area contributed by atoms with Crippen LogP contribution >= 0.6 is 0 Å². The molecule has 0 bridgehead atoms. The smallest absolute Gasteiger partial charge is 0.338 e. The van der Waals surface area contributed by atoms with Gasteiger partial charge in [-0.05, 0) is 18.1 Å². The average Bonchev–Trinajstić information content (AvgIpc) is 2.43. The second kappa shape index (κ2) is 7.84. The monoisotopic (exact) mass is 251 g/mol. The summed E-state index contributed by atoms with van der Waals surface area (Å²) in [7, 11) is 3.08. The number of benzene rings is 1. The number of nitrogens with one attached hydrogen (secondary N) is 1. The van der Waals surface area contributed by atoms with Crippen LogP contribution in [0.15, 0.2) is 24.3 Å². The molecular formula is C14H21NO3. The molecule has 4 heteroatoms. The molecule has 0 amide bonds. The Hall–Kier alpha value is -1.39. The summed E-state index contributed by atoms with van der Waals surface area (Å²) in [6.07, 6.45) is 0.980. The van der Waals surface area contributed by atoms with Crippen molar-refractivity contribution in [2.45, 2.75) is 25.9 Å². The van der Waals surface area contributed by atoms with Crippen LogP contribution in [0.3, 0.4) is 0 Å². The van der Waals surface area contributed by atoms with Crippen LogP contribution in [0.1, 0.15) is 29.3 Å². The summed E-state index contributed by atoms with van der Waals surface area (Å²) < 4.78 is 9.89. The summed E-state index contributed by atoms with van der Waals surface area (Å²) in [5, 5.41) is 3.37. The van der Waals surface area contributed by atoms with Gasteiger partial charge in [0.05, 0.1) is 19.3 Å². The highest BCUT2D eigenvalue weighted by Crippen LogP contribution is 2.10. The SMILES string of the molecule is CCC(COC)NCc1ccccc1C(=O)OC. The minimum Gasteiger partial charge on any atom is -0.465 e. The van der Waals surface area contributed by atoms with Gasteiger partial charge in [-0.1, -0.05) is 25.1 Å². The highest BCUT2D eigenvalue weighted by atomic mass is 16.5. The molecule has 0 aliphatic rings. The molecule has 100 valence electrons. The molecule has 1 atom stereocenters. The van der Waals surface area contributed by atoms with Gasteiger partial charge in [-0.3, -0.25) is 0 Å². The summed E-state index contributed by atoms with van der Waals surface area (Å²) in [5.74, 6) is -0.299. The van der Waals surface area contributed by atoms with Crippen molar-refractivity contribution in [2.24, 2.45) is 0 Å². The lowest BCUT2D eigenvalue weighted by atomic mass is 10.1. The van der Waals surface area contributed by atoms with Crippen LogP contribution in [0.4, 0.5) is 0 Å². The average molecular weight is 251 g/mol. The van der Waals surface area contributed by atoms with E-state index >= 15 is 0 Å². The molecule has 0 spiro atoms. The number of carbonyl (C=O) groups is 1. The van der Waals surface area contributed by atoms with E-state index in [1.54, 1.807) is 13.2 Å². The van der Waals surface area contributed by atoms with Crippen LogP contribution in [-0.4, -0.2) is 32.8 Å². The molecule has 0 aliphatic carbocycles. The zero-order valence-electron chi connectivity index (χ0n) is 11.2. The first-order valence-electron chi connectivity index (χ1n) is 6.11. The van der Waals surface area contributed by atoms with Crippen molar-refractivity contribution >= 4 is 5.97 Å². The molecule has 4 nitrogen and oxygen atoms in total. The van der Waals surface area contributed by atoms with E-state index in [1.807, 2.05) is 18.2 Å². The van der Waals surface area contributed by atoms with Gasteiger partial charge in [0, 0.05) is 19.7 Å². The number of ether oxygens (including phenoxy) is 2. The fourth-order valence-electron chi connectivity index (χ4n) is 1.76. The van der Waals surface area contributed by atoms with Gasteiger partial charge in [0.2, 0.25) is 0 Å². The first-order valence-corrected chi connectivity index (χ1v) is 6.11. The second-order valence-corrected chi connectivity index (χ2v) is 4.09. The Bertz CT molecular complexity index is 379. The molecule has 1 rings (SSSR count). The van der Waals surface area contributed by atoms with Crippen LogP contribution in [0.5, 0.6) is 0 Å². The normalized spacial score (nSPS) is 12.2. The Kier molecular flexibility index (Phi) is 6.39. The molecule has 0 aliphatic heterocycles. The van der Waals surface area contributed by atoms with E-state index in [1.165, 1.54) is 7.11 Å². The number of hydrogen-bond acceptors (Lipinski definition) is 4. The number of esters is 1. The summed E-state index contributed by atoms with van der Waals surface area (Å²) in [5.41, 5.74) is 1.55. The van der Waals surface area contributed by atoms with Gasteiger partial charge in [0.15, 0.2) is 0 Å².